The van der Waals surface area contributed by atoms with Crippen LogP contribution in [0.15, 0.2) is 84.4 Å². The number of fused-ring (bicyclic) bond motifs is 5. The number of nitrogens with zero attached hydrogens (tertiary/aromatic N) is 5. The largest absolute Gasteiger partial charge is 0.508 e. The van der Waals surface area contributed by atoms with E-state index in [-0.39, 0.29) is 29.1 Å². The molecule has 0 unspecified atom stereocenters. The zero-order chi connectivity index (χ0) is 39.5. The summed E-state index contributed by atoms with van der Waals surface area (Å²) in [7, 11) is 2.75. The summed E-state index contributed by atoms with van der Waals surface area (Å²) in [6, 6.07) is 16.4. The maximum absolute atomic E-state index is 14.7. The van der Waals surface area contributed by atoms with Gasteiger partial charge in [-0.3, -0.25) is 39.4 Å². The number of alkyl halides is 2. The molecule has 2 aliphatic heterocycles. The number of carbonyl (C=O) groups excluding carboxylic acids is 4. The number of nitro groups is 2. The number of carbonyl (C=O) groups is 4. The fourth-order valence-electron chi connectivity index (χ4n) is 9.01. The molecule has 4 aromatic carbocycles. The third kappa shape index (κ3) is 4.85. The van der Waals surface area contributed by atoms with E-state index in [1.807, 2.05) is 0 Å². The Morgan fingerprint density at radius 3 is 2.09 bits per heavy atom. The lowest BCUT2D eigenvalue weighted by molar-refractivity contribution is -0.392. The lowest BCUT2D eigenvalue weighted by Crippen LogP contribution is -2.60. The van der Waals surface area contributed by atoms with Crippen molar-refractivity contribution in [3.8, 4) is 5.75 Å². The molecule has 17 heteroatoms. The fraction of sp³-hybridized carbons (Fsp3) is 0.263. The molecule has 4 aromatic rings. The van der Waals surface area contributed by atoms with Crippen molar-refractivity contribution in [1.29, 1.82) is 0 Å². The number of anilines is 3. The zero-order valence-electron chi connectivity index (χ0n) is 28.8. The second-order valence-corrected chi connectivity index (χ2v) is 15.5. The molecule has 2 heterocycles. The van der Waals surface area contributed by atoms with Gasteiger partial charge in [0.2, 0.25) is 11.8 Å². The highest BCUT2D eigenvalue weighted by molar-refractivity contribution is 6.58. The highest BCUT2D eigenvalue weighted by Crippen LogP contribution is 2.67. The summed E-state index contributed by atoms with van der Waals surface area (Å²) >= 11 is 14.9. The van der Waals surface area contributed by atoms with Crippen LogP contribution in [0.5, 0.6) is 5.75 Å². The number of imide groups is 2. The average Bonchev–Trinajstić information content (AvgIpc) is 3.49. The van der Waals surface area contributed by atoms with E-state index in [1.165, 1.54) is 37.2 Å². The van der Waals surface area contributed by atoms with Gasteiger partial charge in [-0.25, -0.2) is 14.2 Å². The van der Waals surface area contributed by atoms with Gasteiger partial charge in [-0.15, -0.1) is 23.2 Å². The molecule has 6 atom stereocenters. The summed E-state index contributed by atoms with van der Waals surface area (Å²) < 4.78 is 14.0. The van der Waals surface area contributed by atoms with E-state index in [4.69, 9.17) is 23.2 Å². The number of halogens is 3. The van der Waals surface area contributed by atoms with Crippen molar-refractivity contribution in [2.45, 2.75) is 28.5 Å². The summed E-state index contributed by atoms with van der Waals surface area (Å²) in [5.74, 6) is -9.28. The molecule has 55 heavy (non-hydrogen) atoms. The first-order chi connectivity index (χ1) is 26.0. The molecule has 0 spiro atoms. The number of hydrogen-bond donors (Lipinski definition) is 1. The molecule has 280 valence electrons. The van der Waals surface area contributed by atoms with E-state index >= 15 is 0 Å². The van der Waals surface area contributed by atoms with Gasteiger partial charge < -0.3 is 10.0 Å². The van der Waals surface area contributed by atoms with Crippen LogP contribution < -0.4 is 14.7 Å². The van der Waals surface area contributed by atoms with Crippen LogP contribution >= 0.6 is 23.2 Å². The predicted molar refractivity (Wildman–Crippen MR) is 199 cm³/mol. The van der Waals surface area contributed by atoms with Gasteiger partial charge in [-0.05, 0) is 59.9 Å². The second-order valence-electron chi connectivity index (χ2n) is 14.2. The maximum Gasteiger partial charge on any atom is 0.301 e. The first-order valence-electron chi connectivity index (χ1n) is 17.0. The van der Waals surface area contributed by atoms with E-state index in [2.05, 4.69) is 0 Å². The van der Waals surface area contributed by atoms with Crippen LogP contribution in [0, 0.1) is 43.8 Å². The summed E-state index contributed by atoms with van der Waals surface area (Å²) in [5, 5.41) is 37.0. The van der Waals surface area contributed by atoms with Crippen molar-refractivity contribution < 1.29 is 38.5 Å². The first kappa shape index (κ1) is 36.1. The summed E-state index contributed by atoms with van der Waals surface area (Å²) in [6.07, 6.45) is 1.11. The Labute approximate surface area is 320 Å². The number of rotatable bonds is 6. The van der Waals surface area contributed by atoms with E-state index in [0.29, 0.717) is 21.2 Å². The summed E-state index contributed by atoms with van der Waals surface area (Å²) in [5.41, 5.74) is -1.69. The Morgan fingerprint density at radius 2 is 1.47 bits per heavy atom. The van der Waals surface area contributed by atoms with Crippen molar-refractivity contribution in [3.63, 3.8) is 0 Å². The van der Waals surface area contributed by atoms with Gasteiger partial charge in [-0.1, -0.05) is 42.0 Å². The predicted octanol–water partition coefficient (Wildman–Crippen LogP) is 6.33. The Kier molecular flexibility index (Phi) is 8.06. The highest BCUT2D eigenvalue weighted by Gasteiger charge is 2.77. The molecule has 2 aliphatic carbocycles. The van der Waals surface area contributed by atoms with Crippen LogP contribution in [0.4, 0.5) is 32.8 Å². The number of amides is 4. The molecule has 3 fully saturated rings. The number of allylic oxidation sites excluding steroid dienone is 2. The maximum atomic E-state index is 14.7. The van der Waals surface area contributed by atoms with Crippen molar-refractivity contribution >= 4 is 86.0 Å². The average molecular weight is 789 g/mol. The van der Waals surface area contributed by atoms with Crippen molar-refractivity contribution in [1.82, 2.24) is 0 Å². The van der Waals surface area contributed by atoms with Crippen molar-refractivity contribution in [2.75, 3.05) is 28.8 Å². The number of hydrogen-bond acceptors (Lipinski definition) is 10. The number of nitro benzene ring substituents is 2. The number of phenolic OH excluding ortho intramolecular Hbond substituents is 1. The zero-order valence-corrected chi connectivity index (χ0v) is 30.3. The lowest BCUT2D eigenvalue weighted by Gasteiger charge is -2.51. The van der Waals surface area contributed by atoms with E-state index < -0.39 is 96.2 Å². The number of benzene rings is 4. The molecular formula is C38H28Cl2FN5O9. The summed E-state index contributed by atoms with van der Waals surface area (Å²) in [6.45, 7) is 0. The molecule has 2 saturated heterocycles. The van der Waals surface area contributed by atoms with Crippen LogP contribution in [-0.4, -0.2) is 62.4 Å². The Bertz CT molecular complexity index is 2440. The normalized spacial score (nSPS) is 27.2. The van der Waals surface area contributed by atoms with Gasteiger partial charge in [0, 0.05) is 37.7 Å². The van der Waals surface area contributed by atoms with Crippen molar-refractivity contribution in [3.05, 3.63) is 116 Å². The molecule has 0 aromatic heterocycles. The smallest absolute Gasteiger partial charge is 0.301 e. The van der Waals surface area contributed by atoms with Crippen LogP contribution in [0.1, 0.15) is 24.3 Å². The molecular weight excluding hydrogens is 760 g/mol. The quantitative estimate of drug-likeness (QED) is 0.0761. The third-order valence-corrected chi connectivity index (χ3v) is 12.7. The minimum absolute atomic E-state index is 0.0239. The standard InChI is InChI=1S/C38H28Cl2FN5O9/c1-42(2)32-26(45(52)53)15-21(16-27(32)46(54)55)43-33(48)24-13-12-23-25(29(24)34(43)49)17-37(39)35(50)44(20-10-8-19(41)9-11-20)36(51)38(37,40)31(23)30-22-6-4-3-5-18(22)7-14-28(30)47/h3-12,14-16,24-25,29,31,47H,13,17H2,1-2H3/t24-,25+,29-,31+,37+,38-/m0/s1. The lowest BCUT2D eigenvalue weighted by atomic mass is 9.56. The van der Waals surface area contributed by atoms with Gasteiger partial charge in [-0.2, -0.15) is 0 Å². The molecule has 1 saturated carbocycles. The summed E-state index contributed by atoms with van der Waals surface area (Å²) in [4.78, 5) is 78.8. The molecule has 4 aliphatic rings. The molecule has 1 N–H and O–H groups in total. The molecule has 8 rings (SSSR count). The molecule has 0 radical (unpaired) electrons. The van der Waals surface area contributed by atoms with Crippen molar-refractivity contribution in [2.24, 2.45) is 17.8 Å². The fourth-order valence-corrected chi connectivity index (χ4v) is 9.93. The van der Waals surface area contributed by atoms with Crippen LogP contribution in [0.25, 0.3) is 10.8 Å². The highest BCUT2D eigenvalue weighted by atomic mass is 35.5. The van der Waals surface area contributed by atoms with E-state index in [9.17, 15) is 48.9 Å². The van der Waals surface area contributed by atoms with Gasteiger partial charge >= 0.3 is 11.4 Å². The van der Waals surface area contributed by atoms with E-state index in [0.717, 1.165) is 29.2 Å². The second kappa shape index (κ2) is 12.3. The Balaban J connectivity index is 1.32. The minimum atomic E-state index is -2.33. The first-order valence-corrected chi connectivity index (χ1v) is 17.7. The van der Waals surface area contributed by atoms with Crippen LogP contribution in [0.3, 0.4) is 0 Å². The van der Waals surface area contributed by atoms with Crippen LogP contribution in [0.2, 0.25) is 0 Å². The molecule has 14 nitrogen and oxygen atoms in total. The van der Waals surface area contributed by atoms with Crippen LogP contribution in [-0.2, 0) is 19.2 Å². The number of aromatic hydroxyl groups is 1. The van der Waals surface area contributed by atoms with E-state index in [1.54, 1.807) is 36.4 Å². The third-order valence-electron chi connectivity index (χ3n) is 11.3. The number of phenols is 1. The monoisotopic (exact) mass is 787 g/mol. The molecule has 0 bridgehead atoms. The van der Waals surface area contributed by atoms with Gasteiger partial charge in [0.25, 0.3) is 11.8 Å². The van der Waals surface area contributed by atoms with Gasteiger partial charge in [0.05, 0.1) is 33.1 Å². The topological polar surface area (TPSA) is 185 Å². The Morgan fingerprint density at radius 1 is 0.836 bits per heavy atom. The van der Waals surface area contributed by atoms with Gasteiger partial charge in [0.15, 0.2) is 15.4 Å². The molecule has 4 amide bonds. The Hall–Kier alpha value is -5.93. The minimum Gasteiger partial charge on any atom is -0.508 e. The van der Waals surface area contributed by atoms with Gasteiger partial charge in [0.1, 0.15) is 11.6 Å². The SMILES string of the molecule is CN(C)c1c([N+](=O)[O-])cc(N2C(=O)[C@H]3[C@H](CC=C4[C@H]3C[C@@]3(Cl)C(=O)N(c5ccc(F)cc5)C(=O)[C@@]3(Cl)[C@H]4c3c(O)ccc4ccccc34)C2=O)cc1[N+](=O)[O-].